The van der Waals surface area contributed by atoms with Gasteiger partial charge in [0.1, 0.15) is 11.6 Å². The number of hydrogen-bond donors (Lipinski definition) is 0. The summed E-state index contributed by atoms with van der Waals surface area (Å²) in [4.78, 5) is 16.5. The molecule has 0 saturated carbocycles. The lowest BCUT2D eigenvalue weighted by Crippen LogP contribution is -2.05. The Morgan fingerprint density at radius 3 is 2.61 bits per heavy atom. The summed E-state index contributed by atoms with van der Waals surface area (Å²) in [5.74, 6) is -0.388. The predicted molar refractivity (Wildman–Crippen MR) is 92.6 cm³/mol. The van der Waals surface area contributed by atoms with E-state index in [9.17, 15) is 4.79 Å². The highest BCUT2D eigenvalue weighted by Crippen LogP contribution is 2.24. The number of hydrogen-bond acceptors (Lipinski definition) is 4. The van der Waals surface area contributed by atoms with Gasteiger partial charge in [0, 0.05) is 10.9 Å². The fourth-order valence-corrected chi connectivity index (χ4v) is 3.02. The molecule has 2 aromatic carbocycles. The Bertz CT molecular complexity index is 821. The summed E-state index contributed by atoms with van der Waals surface area (Å²) in [6, 6.07) is 16.0. The van der Waals surface area contributed by atoms with Crippen LogP contribution in [0.25, 0.3) is 10.6 Å². The highest BCUT2D eigenvalue weighted by Gasteiger charge is 2.13. The largest absolute Gasteiger partial charge is 0.456 e. The van der Waals surface area contributed by atoms with Crippen molar-refractivity contribution in [2.24, 2.45) is 0 Å². The van der Waals surface area contributed by atoms with Gasteiger partial charge in [-0.05, 0) is 19.4 Å². The lowest BCUT2D eigenvalue weighted by atomic mass is 10.1. The molecule has 4 heteroatoms. The van der Waals surface area contributed by atoms with Gasteiger partial charge in [-0.15, -0.1) is 11.3 Å². The second-order valence-electron chi connectivity index (χ2n) is 5.47. The predicted octanol–water partition coefficient (Wildman–Crippen LogP) is 4.78. The van der Waals surface area contributed by atoms with Crippen molar-refractivity contribution in [1.82, 2.24) is 4.98 Å². The number of nitrogens with zero attached hydrogens (tertiary/aromatic N) is 1. The van der Waals surface area contributed by atoms with E-state index < -0.39 is 0 Å². The fraction of sp³-hybridized carbons (Fsp3) is 0.158. The summed E-state index contributed by atoms with van der Waals surface area (Å²) in [7, 11) is 0. The number of benzene rings is 2. The molecule has 1 aromatic heterocycles. The Morgan fingerprint density at radius 1 is 1.09 bits per heavy atom. The molecule has 0 radical (unpaired) electrons. The molecule has 3 aromatic rings. The number of ether oxygens (including phenoxy) is 1. The Morgan fingerprint density at radius 2 is 1.87 bits per heavy atom. The molecule has 0 aliphatic carbocycles. The van der Waals surface area contributed by atoms with Crippen LogP contribution in [0.1, 0.15) is 27.2 Å². The number of aromatic nitrogens is 1. The molecular weight excluding hydrogens is 306 g/mol. The maximum atomic E-state index is 12.1. The van der Waals surface area contributed by atoms with Crippen molar-refractivity contribution >= 4 is 17.3 Å². The average Bonchev–Trinajstić information content (AvgIpc) is 3.03. The van der Waals surface area contributed by atoms with Crippen LogP contribution in [0.2, 0.25) is 0 Å². The molecule has 0 spiro atoms. The quantitative estimate of drug-likeness (QED) is 0.648. The second-order valence-corrected chi connectivity index (χ2v) is 6.33. The number of carbonyl (C=O) groups excluding carboxylic acids is 1. The summed E-state index contributed by atoms with van der Waals surface area (Å²) in [6.45, 7) is 4.32. The van der Waals surface area contributed by atoms with Gasteiger partial charge in [-0.1, -0.05) is 59.7 Å². The van der Waals surface area contributed by atoms with Crippen molar-refractivity contribution in [2.45, 2.75) is 20.5 Å². The topological polar surface area (TPSA) is 39.2 Å². The molecule has 0 aliphatic rings. The van der Waals surface area contributed by atoms with Crippen LogP contribution in [0.5, 0.6) is 0 Å². The molecule has 0 N–H and O–H groups in total. The maximum absolute atomic E-state index is 12.1. The zero-order chi connectivity index (χ0) is 16.2. The molecular formula is C19H17NO2S. The van der Waals surface area contributed by atoms with E-state index in [-0.39, 0.29) is 12.6 Å². The lowest BCUT2D eigenvalue weighted by Gasteiger charge is -2.04. The smallest absolute Gasteiger partial charge is 0.358 e. The van der Waals surface area contributed by atoms with Crippen LogP contribution in [0.15, 0.2) is 53.9 Å². The molecule has 0 unspecified atom stereocenters. The van der Waals surface area contributed by atoms with E-state index in [1.165, 1.54) is 16.9 Å². The van der Waals surface area contributed by atoms with Crippen LogP contribution in [-0.2, 0) is 11.3 Å². The van der Waals surface area contributed by atoms with Crippen LogP contribution in [0.4, 0.5) is 0 Å². The van der Waals surface area contributed by atoms with E-state index in [0.717, 1.165) is 21.7 Å². The van der Waals surface area contributed by atoms with Crippen molar-refractivity contribution in [3.8, 4) is 10.6 Å². The zero-order valence-corrected chi connectivity index (χ0v) is 13.9. The molecule has 0 fully saturated rings. The minimum atomic E-state index is -0.388. The minimum Gasteiger partial charge on any atom is -0.456 e. The molecule has 0 amide bonds. The highest BCUT2D eigenvalue weighted by atomic mass is 32.1. The molecule has 3 nitrogen and oxygen atoms in total. The fourth-order valence-electron chi connectivity index (χ4n) is 2.22. The number of thiazole rings is 1. The van der Waals surface area contributed by atoms with E-state index in [0.29, 0.717) is 5.69 Å². The normalized spacial score (nSPS) is 10.5. The minimum absolute atomic E-state index is 0.262. The summed E-state index contributed by atoms with van der Waals surface area (Å²) >= 11 is 1.45. The molecule has 23 heavy (non-hydrogen) atoms. The van der Waals surface area contributed by atoms with Gasteiger partial charge >= 0.3 is 5.97 Å². The van der Waals surface area contributed by atoms with Crippen molar-refractivity contribution < 1.29 is 9.53 Å². The summed E-state index contributed by atoms with van der Waals surface area (Å²) < 4.78 is 5.34. The first-order valence-corrected chi connectivity index (χ1v) is 8.25. The van der Waals surface area contributed by atoms with E-state index >= 15 is 0 Å². The van der Waals surface area contributed by atoms with Crippen molar-refractivity contribution in [3.05, 3.63) is 76.3 Å². The maximum Gasteiger partial charge on any atom is 0.358 e. The molecule has 1 heterocycles. The Labute approximate surface area is 139 Å². The molecule has 0 bridgehead atoms. The summed E-state index contributed by atoms with van der Waals surface area (Å²) in [5, 5.41) is 2.57. The third kappa shape index (κ3) is 3.85. The number of esters is 1. The van der Waals surface area contributed by atoms with Gasteiger partial charge in [0.15, 0.2) is 5.69 Å². The van der Waals surface area contributed by atoms with E-state index in [4.69, 9.17) is 4.74 Å². The first-order valence-electron chi connectivity index (χ1n) is 7.37. The Hall–Kier alpha value is -2.46. The first-order chi connectivity index (χ1) is 11.1. The number of aryl methyl sites for hydroxylation is 2. The van der Waals surface area contributed by atoms with Crippen LogP contribution < -0.4 is 0 Å². The van der Waals surface area contributed by atoms with Gasteiger partial charge in [0.2, 0.25) is 0 Å². The van der Waals surface area contributed by atoms with Gasteiger partial charge in [0.05, 0.1) is 0 Å². The van der Waals surface area contributed by atoms with Gasteiger partial charge in [-0.3, -0.25) is 0 Å². The van der Waals surface area contributed by atoms with Crippen LogP contribution in [-0.4, -0.2) is 11.0 Å². The number of rotatable bonds is 4. The Kier molecular flexibility index (Phi) is 4.53. The second kappa shape index (κ2) is 6.75. The van der Waals surface area contributed by atoms with E-state index in [1.54, 1.807) is 5.38 Å². The van der Waals surface area contributed by atoms with E-state index in [2.05, 4.69) is 4.98 Å². The SMILES string of the molecule is Cc1ccc(-c2nc(C(=O)OCc3cccc(C)c3)cs2)cc1. The summed E-state index contributed by atoms with van der Waals surface area (Å²) in [6.07, 6.45) is 0. The van der Waals surface area contributed by atoms with Crippen molar-refractivity contribution in [3.63, 3.8) is 0 Å². The zero-order valence-electron chi connectivity index (χ0n) is 13.1. The van der Waals surface area contributed by atoms with Gasteiger partial charge in [-0.25, -0.2) is 9.78 Å². The molecule has 116 valence electrons. The van der Waals surface area contributed by atoms with Gasteiger partial charge in [-0.2, -0.15) is 0 Å². The lowest BCUT2D eigenvalue weighted by molar-refractivity contribution is 0.0466. The standard InChI is InChI=1S/C19H17NO2S/c1-13-6-8-16(9-7-13)18-20-17(12-23-18)19(21)22-11-15-5-3-4-14(2)10-15/h3-10,12H,11H2,1-2H3. The third-order valence-electron chi connectivity index (χ3n) is 3.46. The van der Waals surface area contributed by atoms with Crippen LogP contribution in [0.3, 0.4) is 0 Å². The van der Waals surface area contributed by atoms with Crippen LogP contribution in [0, 0.1) is 13.8 Å². The van der Waals surface area contributed by atoms with E-state index in [1.807, 2.05) is 62.4 Å². The van der Waals surface area contributed by atoms with Crippen molar-refractivity contribution in [2.75, 3.05) is 0 Å². The molecule has 0 atom stereocenters. The highest BCUT2D eigenvalue weighted by molar-refractivity contribution is 7.13. The van der Waals surface area contributed by atoms with Crippen LogP contribution >= 0.6 is 11.3 Å². The molecule has 3 rings (SSSR count). The summed E-state index contributed by atoms with van der Waals surface area (Å²) in [5.41, 5.74) is 4.70. The third-order valence-corrected chi connectivity index (χ3v) is 4.36. The monoisotopic (exact) mass is 323 g/mol. The molecule has 0 aliphatic heterocycles. The van der Waals surface area contributed by atoms with Gasteiger partial charge in [0.25, 0.3) is 0 Å². The van der Waals surface area contributed by atoms with Crippen molar-refractivity contribution in [1.29, 1.82) is 0 Å². The molecule has 0 saturated heterocycles. The first kappa shape index (κ1) is 15.4. The van der Waals surface area contributed by atoms with Gasteiger partial charge < -0.3 is 4.74 Å². The number of carbonyl (C=O) groups is 1. The Balaban J connectivity index is 1.67. The average molecular weight is 323 g/mol.